The number of rotatable bonds is 2. The molecule has 2 aromatic carbocycles. The third-order valence-electron chi connectivity index (χ3n) is 4.76. The standard InChI is InChI=1S/C18H18N2O3S/c21-18(19-15-10-9-12-5-1-2-6-13(12)15)20-16-11-24(22,23)17-8-4-3-7-14(16)17/h1-8,15-16H,9-11H2,(H2,19,20,21)/t15-,16-/m0/s1. The Balaban J connectivity index is 1.49. The minimum Gasteiger partial charge on any atom is -0.331 e. The Morgan fingerprint density at radius 3 is 2.42 bits per heavy atom. The van der Waals surface area contributed by atoms with Gasteiger partial charge in [-0.15, -0.1) is 0 Å². The highest BCUT2D eigenvalue weighted by molar-refractivity contribution is 7.91. The maximum absolute atomic E-state index is 12.4. The molecule has 2 aliphatic rings. The molecule has 5 nitrogen and oxygen atoms in total. The van der Waals surface area contributed by atoms with Gasteiger partial charge in [0.25, 0.3) is 0 Å². The van der Waals surface area contributed by atoms with E-state index in [1.165, 1.54) is 5.56 Å². The number of hydrogen-bond donors (Lipinski definition) is 2. The van der Waals surface area contributed by atoms with E-state index in [2.05, 4.69) is 16.7 Å². The lowest BCUT2D eigenvalue weighted by Gasteiger charge is -2.18. The lowest BCUT2D eigenvalue weighted by Crippen LogP contribution is -2.40. The van der Waals surface area contributed by atoms with E-state index in [-0.39, 0.29) is 17.8 Å². The zero-order valence-corrected chi connectivity index (χ0v) is 13.8. The first kappa shape index (κ1) is 15.2. The molecule has 0 fully saturated rings. The Morgan fingerprint density at radius 1 is 0.917 bits per heavy atom. The molecule has 0 saturated heterocycles. The molecule has 0 bridgehead atoms. The average Bonchev–Trinajstić information content (AvgIpc) is 3.08. The van der Waals surface area contributed by atoms with Gasteiger partial charge in [-0.1, -0.05) is 42.5 Å². The lowest BCUT2D eigenvalue weighted by molar-refractivity contribution is 0.234. The van der Waals surface area contributed by atoms with Crippen LogP contribution in [0, 0.1) is 0 Å². The second-order valence-corrected chi connectivity index (χ2v) is 8.28. The van der Waals surface area contributed by atoms with E-state index in [1.54, 1.807) is 24.3 Å². The summed E-state index contributed by atoms with van der Waals surface area (Å²) in [5, 5.41) is 5.79. The highest BCUT2D eigenvalue weighted by Crippen LogP contribution is 2.33. The summed E-state index contributed by atoms with van der Waals surface area (Å²) in [6.45, 7) is 0. The van der Waals surface area contributed by atoms with Gasteiger partial charge in [0.15, 0.2) is 9.84 Å². The number of hydrogen-bond acceptors (Lipinski definition) is 3. The van der Waals surface area contributed by atoms with Crippen LogP contribution in [-0.2, 0) is 16.3 Å². The molecule has 2 aromatic rings. The third kappa shape index (κ3) is 2.57. The van der Waals surface area contributed by atoms with Crippen LogP contribution in [0.5, 0.6) is 0 Å². The summed E-state index contributed by atoms with van der Waals surface area (Å²) in [7, 11) is -3.32. The maximum Gasteiger partial charge on any atom is 0.315 e. The second kappa shape index (κ2) is 5.63. The molecule has 6 heteroatoms. The van der Waals surface area contributed by atoms with Crippen LogP contribution in [0.3, 0.4) is 0 Å². The normalized spacial score (nSPS) is 23.3. The van der Waals surface area contributed by atoms with Gasteiger partial charge in [0.05, 0.1) is 22.7 Å². The van der Waals surface area contributed by atoms with Crippen molar-refractivity contribution in [2.75, 3.05) is 5.75 Å². The minimum absolute atomic E-state index is 0.0190. The number of urea groups is 1. The van der Waals surface area contributed by atoms with Crippen LogP contribution in [0.1, 0.15) is 35.2 Å². The van der Waals surface area contributed by atoms with E-state index in [0.29, 0.717) is 10.5 Å². The molecule has 1 aliphatic heterocycles. The molecule has 124 valence electrons. The largest absolute Gasteiger partial charge is 0.331 e. The summed E-state index contributed by atoms with van der Waals surface area (Å²) in [5.41, 5.74) is 3.07. The molecule has 0 radical (unpaired) electrons. The van der Waals surface area contributed by atoms with Gasteiger partial charge < -0.3 is 10.6 Å². The van der Waals surface area contributed by atoms with E-state index in [9.17, 15) is 13.2 Å². The van der Waals surface area contributed by atoms with Crippen molar-refractivity contribution >= 4 is 15.9 Å². The molecule has 1 heterocycles. The number of aryl methyl sites for hydroxylation is 1. The molecule has 2 amide bonds. The topological polar surface area (TPSA) is 75.3 Å². The summed E-state index contributed by atoms with van der Waals surface area (Å²) in [5.74, 6) is -0.0823. The number of sulfone groups is 1. The van der Waals surface area contributed by atoms with Crippen LogP contribution in [0.4, 0.5) is 4.79 Å². The number of nitrogens with one attached hydrogen (secondary N) is 2. The Labute approximate surface area is 141 Å². The van der Waals surface area contributed by atoms with E-state index in [1.807, 2.05) is 18.2 Å². The predicted molar refractivity (Wildman–Crippen MR) is 90.4 cm³/mol. The van der Waals surface area contributed by atoms with Crippen molar-refractivity contribution in [2.45, 2.75) is 29.8 Å². The van der Waals surface area contributed by atoms with Gasteiger partial charge in [0, 0.05) is 0 Å². The molecular formula is C18H18N2O3S. The maximum atomic E-state index is 12.4. The number of carbonyl (C=O) groups is 1. The van der Waals surface area contributed by atoms with Crippen molar-refractivity contribution in [1.82, 2.24) is 10.6 Å². The van der Waals surface area contributed by atoms with Crippen LogP contribution >= 0.6 is 0 Å². The fraction of sp³-hybridized carbons (Fsp3) is 0.278. The van der Waals surface area contributed by atoms with Crippen molar-refractivity contribution in [3.05, 3.63) is 65.2 Å². The second-order valence-electron chi connectivity index (χ2n) is 6.28. The van der Waals surface area contributed by atoms with Gasteiger partial charge in [-0.3, -0.25) is 0 Å². The SMILES string of the molecule is O=C(N[C@H]1CCc2ccccc21)N[C@H]1CS(=O)(=O)c2ccccc21. The number of benzene rings is 2. The lowest BCUT2D eigenvalue weighted by atomic mass is 10.1. The highest BCUT2D eigenvalue weighted by Gasteiger charge is 2.35. The van der Waals surface area contributed by atoms with Gasteiger partial charge in [0.2, 0.25) is 0 Å². The third-order valence-corrected chi connectivity index (χ3v) is 6.57. The molecule has 1 aliphatic carbocycles. The highest BCUT2D eigenvalue weighted by atomic mass is 32.2. The van der Waals surface area contributed by atoms with Crippen LogP contribution in [0.2, 0.25) is 0 Å². The van der Waals surface area contributed by atoms with Crippen molar-refractivity contribution in [3.8, 4) is 0 Å². The summed E-state index contributed by atoms with van der Waals surface area (Å²) < 4.78 is 24.4. The fourth-order valence-electron chi connectivity index (χ4n) is 3.64. The minimum atomic E-state index is -3.32. The Hall–Kier alpha value is -2.34. The van der Waals surface area contributed by atoms with Crippen LogP contribution in [0.15, 0.2) is 53.4 Å². The van der Waals surface area contributed by atoms with Gasteiger partial charge in [0.1, 0.15) is 0 Å². The first-order valence-corrected chi connectivity index (χ1v) is 9.66. The van der Waals surface area contributed by atoms with Gasteiger partial charge >= 0.3 is 6.03 Å². The predicted octanol–water partition coefficient (Wildman–Crippen LogP) is 2.50. The van der Waals surface area contributed by atoms with E-state index < -0.39 is 15.9 Å². The Kier molecular flexibility index (Phi) is 3.57. The molecule has 2 N–H and O–H groups in total. The van der Waals surface area contributed by atoms with E-state index in [4.69, 9.17) is 0 Å². The molecule has 0 spiro atoms. The number of amides is 2. The van der Waals surface area contributed by atoms with Crippen molar-refractivity contribution in [3.63, 3.8) is 0 Å². The van der Waals surface area contributed by atoms with Crippen molar-refractivity contribution < 1.29 is 13.2 Å². The first-order chi connectivity index (χ1) is 11.5. The van der Waals surface area contributed by atoms with Crippen LogP contribution < -0.4 is 10.6 Å². The molecule has 0 aromatic heterocycles. The fourth-order valence-corrected chi connectivity index (χ4v) is 5.37. The molecule has 4 rings (SSSR count). The van der Waals surface area contributed by atoms with Crippen molar-refractivity contribution in [1.29, 1.82) is 0 Å². The van der Waals surface area contributed by atoms with E-state index in [0.717, 1.165) is 18.4 Å². The van der Waals surface area contributed by atoms with Gasteiger partial charge in [-0.25, -0.2) is 13.2 Å². The van der Waals surface area contributed by atoms with Gasteiger partial charge in [-0.2, -0.15) is 0 Å². The van der Waals surface area contributed by atoms with Crippen LogP contribution in [0.25, 0.3) is 0 Å². The molecule has 24 heavy (non-hydrogen) atoms. The summed E-state index contributed by atoms with van der Waals surface area (Å²) in [6.07, 6.45) is 1.81. The smallest absolute Gasteiger partial charge is 0.315 e. The molecule has 2 atom stereocenters. The van der Waals surface area contributed by atoms with Crippen LogP contribution in [-0.4, -0.2) is 20.2 Å². The summed E-state index contributed by atoms with van der Waals surface area (Å²) in [6, 6.07) is 14.1. The van der Waals surface area contributed by atoms with Crippen molar-refractivity contribution in [2.24, 2.45) is 0 Å². The Bertz CT molecular complexity index is 908. The zero-order chi connectivity index (χ0) is 16.7. The summed E-state index contributed by atoms with van der Waals surface area (Å²) >= 11 is 0. The molecule has 0 unspecified atom stereocenters. The number of fused-ring (bicyclic) bond motifs is 2. The Morgan fingerprint density at radius 2 is 1.58 bits per heavy atom. The van der Waals surface area contributed by atoms with E-state index >= 15 is 0 Å². The molecular weight excluding hydrogens is 324 g/mol. The first-order valence-electron chi connectivity index (χ1n) is 8.01. The van der Waals surface area contributed by atoms with Gasteiger partial charge in [-0.05, 0) is 35.6 Å². The zero-order valence-electron chi connectivity index (χ0n) is 13.0. The molecule has 0 saturated carbocycles. The average molecular weight is 342 g/mol. The quantitative estimate of drug-likeness (QED) is 0.880. The monoisotopic (exact) mass is 342 g/mol. The summed E-state index contributed by atoms with van der Waals surface area (Å²) in [4.78, 5) is 12.7. The number of carbonyl (C=O) groups excluding carboxylic acids is 1.